The van der Waals surface area contributed by atoms with Gasteiger partial charge in [-0.2, -0.15) is 0 Å². The van der Waals surface area contributed by atoms with Crippen molar-refractivity contribution in [3.63, 3.8) is 0 Å². The molecule has 0 saturated carbocycles. The summed E-state index contributed by atoms with van der Waals surface area (Å²) in [4.78, 5) is 12.6. The van der Waals surface area contributed by atoms with Crippen molar-refractivity contribution < 1.29 is 13.5 Å². The van der Waals surface area contributed by atoms with Gasteiger partial charge >= 0.3 is 0 Å². The van der Waals surface area contributed by atoms with E-state index in [9.17, 15) is 9.18 Å². The minimum atomic E-state index is -0.457. The van der Waals surface area contributed by atoms with Gasteiger partial charge in [0.05, 0.1) is 17.9 Å². The third-order valence-corrected chi connectivity index (χ3v) is 3.80. The second-order valence-corrected chi connectivity index (χ2v) is 5.13. The van der Waals surface area contributed by atoms with Crippen LogP contribution in [0.3, 0.4) is 0 Å². The Kier molecular flexibility index (Phi) is 2.66. The summed E-state index contributed by atoms with van der Waals surface area (Å²) in [7, 11) is 1.59. The molecule has 4 aromatic rings. The van der Waals surface area contributed by atoms with E-state index in [0.717, 1.165) is 10.8 Å². The van der Waals surface area contributed by atoms with E-state index >= 15 is 0 Å². The Hall–Kier alpha value is -2.88. The number of ether oxygens (including phenoxy) is 1. The molecule has 0 spiro atoms. The molecule has 0 bridgehead atoms. The van der Waals surface area contributed by atoms with E-state index in [0.29, 0.717) is 22.3 Å². The third kappa shape index (κ3) is 1.84. The van der Waals surface area contributed by atoms with Gasteiger partial charge in [-0.25, -0.2) is 4.39 Å². The van der Waals surface area contributed by atoms with Gasteiger partial charge in [0.2, 0.25) is 5.43 Å². The predicted molar refractivity (Wildman–Crippen MR) is 84.0 cm³/mol. The first-order valence-corrected chi connectivity index (χ1v) is 6.79. The third-order valence-electron chi connectivity index (χ3n) is 3.80. The van der Waals surface area contributed by atoms with E-state index in [2.05, 4.69) is 0 Å². The van der Waals surface area contributed by atoms with Crippen molar-refractivity contribution in [1.29, 1.82) is 0 Å². The number of halogens is 1. The molecule has 0 fully saturated rings. The van der Waals surface area contributed by atoms with Gasteiger partial charge in [0.1, 0.15) is 22.7 Å². The molecule has 0 atom stereocenters. The zero-order valence-electron chi connectivity index (χ0n) is 11.7. The highest BCUT2D eigenvalue weighted by Crippen LogP contribution is 2.27. The molecule has 0 radical (unpaired) electrons. The highest BCUT2D eigenvalue weighted by molar-refractivity contribution is 5.99. The van der Waals surface area contributed by atoms with Crippen molar-refractivity contribution in [2.75, 3.05) is 7.11 Å². The molecule has 0 aliphatic rings. The van der Waals surface area contributed by atoms with Gasteiger partial charge < -0.3 is 9.15 Å². The van der Waals surface area contributed by atoms with E-state index in [-0.39, 0.29) is 10.8 Å². The Bertz CT molecular complexity index is 1100. The standard InChI is InChI=1S/C18H11FO3/c1-21-13-4-2-10-8-17-14(7-11(10)6-13)18(20)15-9-12(19)3-5-16(15)22-17/h2-9H,1H3. The lowest BCUT2D eigenvalue weighted by molar-refractivity contribution is 0.415. The van der Waals surface area contributed by atoms with Gasteiger partial charge in [-0.3, -0.25) is 4.79 Å². The largest absolute Gasteiger partial charge is 0.497 e. The van der Waals surface area contributed by atoms with E-state index in [1.165, 1.54) is 18.2 Å². The molecule has 0 aliphatic carbocycles. The Morgan fingerprint density at radius 2 is 1.73 bits per heavy atom. The second kappa shape index (κ2) is 4.56. The number of fused-ring (bicyclic) bond motifs is 3. The van der Waals surface area contributed by atoms with Crippen LogP contribution in [0.1, 0.15) is 0 Å². The summed E-state index contributed by atoms with van der Waals surface area (Å²) >= 11 is 0. The minimum Gasteiger partial charge on any atom is -0.497 e. The molecule has 4 heteroatoms. The Labute approximate surface area is 124 Å². The molecule has 3 nitrogen and oxygen atoms in total. The van der Waals surface area contributed by atoms with Crippen molar-refractivity contribution in [2.24, 2.45) is 0 Å². The first-order chi connectivity index (χ1) is 10.7. The molecule has 0 aliphatic heterocycles. The predicted octanol–water partition coefficient (Wildman–Crippen LogP) is 4.25. The molecule has 1 aromatic heterocycles. The fourth-order valence-corrected chi connectivity index (χ4v) is 2.68. The van der Waals surface area contributed by atoms with Crippen LogP contribution >= 0.6 is 0 Å². The van der Waals surface area contributed by atoms with Gasteiger partial charge in [-0.15, -0.1) is 0 Å². The number of benzene rings is 3. The van der Waals surface area contributed by atoms with E-state index in [1.807, 2.05) is 24.3 Å². The van der Waals surface area contributed by atoms with Crippen LogP contribution in [0.15, 0.2) is 57.7 Å². The fourth-order valence-electron chi connectivity index (χ4n) is 2.68. The van der Waals surface area contributed by atoms with Crippen LogP contribution in [-0.4, -0.2) is 7.11 Å². The molecule has 0 unspecified atom stereocenters. The average molecular weight is 294 g/mol. The Morgan fingerprint density at radius 1 is 0.909 bits per heavy atom. The molecule has 4 rings (SSSR count). The Morgan fingerprint density at radius 3 is 2.55 bits per heavy atom. The molecule has 0 N–H and O–H groups in total. The van der Waals surface area contributed by atoms with Crippen molar-refractivity contribution in [2.45, 2.75) is 0 Å². The van der Waals surface area contributed by atoms with Crippen LogP contribution in [0, 0.1) is 5.82 Å². The second-order valence-electron chi connectivity index (χ2n) is 5.13. The molecule has 3 aromatic carbocycles. The molecular formula is C18H11FO3. The smallest absolute Gasteiger partial charge is 0.200 e. The first-order valence-electron chi connectivity index (χ1n) is 6.79. The van der Waals surface area contributed by atoms with Crippen LogP contribution in [-0.2, 0) is 0 Å². The highest BCUT2D eigenvalue weighted by Gasteiger charge is 2.10. The quantitative estimate of drug-likeness (QED) is 0.493. The highest BCUT2D eigenvalue weighted by atomic mass is 19.1. The van der Waals surface area contributed by atoms with Gasteiger partial charge in [0.25, 0.3) is 0 Å². The maximum Gasteiger partial charge on any atom is 0.200 e. The molecule has 0 amide bonds. The number of rotatable bonds is 1. The average Bonchev–Trinajstić information content (AvgIpc) is 2.54. The topological polar surface area (TPSA) is 39.4 Å². The molecule has 108 valence electrons. The van der Waals surface area contributed by atoms with Crippen molar-refractivity contribution in [1.82, 2.24) is 0 Å². The van der Waals surface area contributed by atoms with Crippen molar-refractivity contribution in [3.05, 3.63) is 64.6 Å². The lowest BCUT2D eigenvalue weighted by Gasteiger charge is -2.05. The molecular weight excluding hydrogens is 283 g/mol. The normalized spacial score (nSPS) is 11.4. The van der Waals surface area contributed by atoms with Crippen LogP contribution in [0.5, 0.6) is 5.75 Å². The van der Waals surface area contributed by atoms with Crippen LogP contribution in [0.25, 0.3) is 32.7 Å². The van der Waals surface area contributed by atoms with Gasteiger partial charge in [-0.1, -0.05) is 6.07 Å². The molecule has 0 saturated heterocycles. The lowest BCUT2D eigenvalue weighted by Crippen LogP contribution is -2.02. The van der Waals surface area contributed by atoms with Gasteiger partial charge in [0.15, 0.2) is 0 Å². The van der Waals surface area contributed by atoms with Gasteiger partial charge in [0, 0.05) is 0 Å². The lowest BCUT2D eigenvalue weighted by atomic mass is 10.1. The van der Waals surface area contributed by atoms with E-state index < -0.39 is 5.82 Å². The summed E-state index contributed by atoms with van der Waals surface area (Å²) in [6.45, 7) is 0. The maximum absolute atomic E-state index is 13.4. The zero-order valence-corrected chi connectivity index (χ0v) is 11.7. The Balaban J connectivity index is 2.16. The summed E-state index contributed by atoms with van der Waals surface area (Å²) in [5, 5.41) is 2.49. The van der Waals surface area contributed by atoms with Crippen molar-refractivity contribution >= 4 is 32.7 Å². The summed E-state index contributed by atoms with van der Waals surface area (Å²) < 4.78 is 24.3. The fraction of sp³-hybridized carbons (Fsp3) is 0.0556. The van der Waals surface area contributed by atoms with Crippen LogP contribution in [0.2, 0.25) is 0 Å². The minimum absolute atomic E-state index is 0.236. The molecule has 22 heavy (non-hydrogen) atoms. The summed E-state index contributed by atoms with van der Waals surface area (Å²) in [5.41, 5.74) is 0.633. The van der Waals surface area contributed by atoms with E-state index in [1.54, 1.807) is 13.2 Å². The molecule has 1 heterocycles. The maximum atomic E-state index is 13.4. The number of methoxy groups -OCH3 is 1. The van der Waals surface area contributed by atoms with Gasteiger partial charge in [-0.05, 0) is 53.2 Å². The zero-order chi connectivity index (χ0) is 15.3. The number of hydrogen-bond donors (Lipinski definition) is 0. The summed E-state index contributed by atoms with van der Waals surface area (Å²) in [6.07, 6.45) is 0. The first kappa shape index (κ1) is 12.8. The monoisotopic (exact) mass is 294 g/mol. The summed E-state index contributed by atoms with van der Waals surface area (Å²) in [6, 6.07) is 13.1. The van der Waals surface area contributed by atoms with Crippen LogP contribution in [0.4, 0.5) is 4.39 Å². The van der Waals surface area contributed by atoms with Crippen molar-refractivity contribution in [3.8, 4) is 5.75 Å². The number of hydrogen-bond acceptors (Lipinski definition) is 3. The SMILES string of the molecule is COc1ccc2cc3oc4ccc(F)cc4c(=O)c3cc2c1. The van der Waals surface area contributed by atoms with Crippen LogP contribution < -0.4 is 10.2 Å². The summed E-state index contributed by atoms with van der Waals surface area (Å²) in [5.74, 6) is 0.254. The van der Waals surface area contributed by atoms with E-state index in [4.69, 9.17) is 9.15 Å².